The average Bonchev–Trinajstić information content (AvgIpc) is 2.84. The molecule has 0 aliphatic heterocycles. The van der Waals surface area contributed by atoms with Crippen LogP contribution in [0.2, 0.25) is 0 Å². The van der Waals surface area contributed by atoms with E-state index < -0.39 is 93.1 Å². The van der Waals surface area contributed by atoms with Crippen LogP contribution in [-0.2, 0) is 23.9 Å². The Morgan fingerprint density at radius 1 is 1.13 bits per heavy atom. The molecule has 12 heteroatoms. The zero-order valence-electron chi connectivity index (χ0n) is 22.0. The van der Waals surface area contributed by atoms with Gasteiger partial charge in [0.15, 0.2) is 17.2 Å². The van der Waals surface area contributed by atoms with Crippen LogP contribution in [0.3, 0.4) is 0 Å². The van der Waals surface area contributed by atoms with Crippen molar-refractivity contribution in [3.8, 4) is 5.75 Å². The van der Waals surface area contributed by atoms with E-state index in [2.05, 4.69) is 0 Å². The van der Waals surface area contributed by atoms with Crippen LogP contribution in [0.15, 0.2) is 29.0 Å². The maximum absolute atomic E-state index is 14.1. The van der Waals surface area contributed by atoms with Gasteiger partial charge >= 0.3 is 5.97 Å². The Balaban J connectivity index is 2.13. The van der Waals surface area contributed by atoms with Gasteiger partial charge in [0.25, 0.3) is 5.91 Å². The molecule has 0 spiro atoms. The zero-order chi connectivity index (χ0) is 29.3. The predicted octanol–water partition coefficient (Wildman–Crippen LogP) is 0.659. The predicted molar refractivity (Wildman–Crippen MR) is 135 cm³/mol. The normalized spacial score (nSPS) is 30.1. The Morgan fingerprint density at radius 2 is 1.74 bits per heavy atom. The van der Waals surface area contributed by atoms with E-state index in [9.17, 15) is 44.4 Å². The van der Waals surface area contributed by atoms with Gasteiger partial charge < -0.3 is 30.9 Å². The number of hydrogen-bond acceptors (Lipinski definition) is 11. The van der Waals surface area contributed by atoms with Crippen LogP contribution in [-0.4, -0.2) is 86.4 Å². The lowest BCUT2D eigenvalue weighted by atomic mass is 9.54. The molecule has 208 valence electrons. The molecule has 6 N–H and O–H groups in total. The maximum atomic E-state index is 14.1. The third-order valence-corrected chi connectivity index (χ3v) is 8.04. The first-order chi connectivity index (χ1) is 18.1. The molecule has 0 saturated heterocycles. The van der Waals surface area contributed by atoms with Crippen molar-refractivity contribution < 1.29 is 49.1 Å². The Hall–Kier alpha value is -4.03. The number of phenols is 1. The molecular weight excluding hydrogens is 512 g/mol. The summed E-state index contributed by atoms with van der Waals surface area (Å²) in [5.41, 5.74) is 0.802. The highest BCUT2D eigenvalue weighted by Crippen LogP contribution is 2.57. The second-order valence-electron chi connectivity index (χ2n) is 10.3. The van der Waals surface area contributed by atoms with E-state index >= 15 is 0 Å². The van der Waals surface area contributed by atoms with Crippen LogP contribution in [0.25, 0.3) is 5.76 Å². The molecular formula is C27H30N2O10. The molecule has 3 aliphatic carbocycles. The summed E-state index contributed by atoms with van der Waals surface area (Å²) in [6.45, 7) is 4.34. The number of Topliss-reactive ketones (excluding diaryl/α,β-unsaturated/α-hetero) is 3. The minimum atomic E-state index is -3.02. The van der Waals surface area contributed by atoms with Crippen molar-refractivity contribution in [3.05, 3.63) is 45.7 Å². The number of carbonyl (C=O) groups is 5. The SMILES string of the molecule is CCC(=O)O[C@H]1[C@H]2C(=C(O)c3c(ccc(C(C)=O)c3O)[C@@H]2C)C(=O)[C@]2(O)C(O)=C(C(N)=O)C(=O)C(N(C)C)[C@H]12. The number of benzene rings is 1. The second kappa shape index (κ2) is 9.31. The molecule has 0 bridgehead atoms. The number of rotatable bonds is 5. The highest BCUT2D eigenvalue weighted by atomic mass is 16.5. The van der Waals surface area contributed by atoms with Gasteiger partial charge in [-0.1, -0.05) is 19.9 Å². The smallest absolute Gasteiger partial charge is 0.305 e. The lowest BCUT2D eigenvalue weighted by Gasteiger charge is -2.54. The molecule has 1 amide bonds. The second-order valence-corrected chi connectivity index (χ2v) is 10.3. The van der Waals surface area contributed by atoms with Crippen LogP contribution >= 0.6 is 0 Å². The van der Waals surface area contributed by atoms with Crippen molar-refractivity contribution in [2.24, 2.45) is 17.6 Å². The molecule has 1 aromatic carbocycles. The van der Waals surface area contributed by atoms with Crippen molar-refractivity contribution in [1.82, 2.24) is 4.90 Å². The number of carbonyl (C=O) groups excluding carboxylic acids is 5. The summed E-state index contributed by atoms with van der Waals surface area (Å²) in [7, 11) is 2.88. The van der Waals surface area contributed by atoms with E-state index in [1.165, 1.54) is 45.0 Å². The first-order valence-corrected chi connectivity index (χ1v) is 12.3. The van der Waals surface area contributed by atoms with Gasteiger partial charge in [-0.15, -0.1) is 0 Å². The quantitative estimate of drug-likeness (QED) is 0.198. The first-order valence-electron chi connectivity index (χ1n) is 12.3. The van der Waals surface area contributed by atoms with Gasteiger partial charge in [-0.05, 0) is 38.6 Å². The number of aliphatic hydroxyl groups is 3. The van der Waals surface area contributed by atoms with E-state index in [1.54, 1.807) is 6.92 Å². The summed E-state index contributed by atoms with van der Waals surface area (Å²) >= 11 is 0. The number of amides is 1. The summed E-state index contributed by atoms with van der Waals surface area (Å²) in [6.07, 6.45) is -1.58. The molecule has 3 aliphatic rings. The Kier molecular flexibility index (Phi) is 6.68. The molecule has 1 fully saturated rings. The van der Waals surface area contributed by atoms with E-state index in [0.717, 1.165) is 0 Å². The van der Waals surface area contributed by atoms with Crippen LogP contribution in [0.1, 0.15) is 54.6 Å². The molecule has 4 rings (SSSR count). The van der Waals surface area contributed by atoms with Gasteiger partial charge in [0.1, 0.15) is 28.9 Å². The standard InChI is InChI=1S/C27H30N2O10/c1-6-13(31)39-23-14-9(2)11-7-8-12(10(3)30)20(32)15(11)21(33)16(14)24(35)27(38)18(23)19(29(4)5)22(34)17(25(27)36)26(28)37/h7-9,14,18-19,23,32-33,36,38H,6H2,1-5H3,(H2,28,37)/t9-,14+,18+,19?,23-,27-/m0/s1. The largest absolute Gasteiger partial charge is 0.508 e. The van der Waals surface area contributed by atoms with Gasteiger partial charge in [0, 0.05) is 17.9 Å². The molecule has 0 aromatic heterocycles. The van der Waals surface area contributed by atoms with E-state index in [4.69, 9.17) is 10.5 Å². The number of nitrogens with zero attached hydrogens (tertiary/aromatic N) is 1. The van der Waals surface area contributed by atoms with Gasteiger partial charge in [0.2, 0.25) is 5.78 Å². The minimum Gasteiger partial charge on any atom is -0.508 e. The van der Waals surface area contributed by atoms with Crippen molar-refractivity contribution in [3.63, 3.8) is 0 Å². The summed E-state index contributed by atoms with van der Waals surface area (Å²) in [5.74, 6) is -11.1. The summed E-state index contributed by atoms with van der Waals surface area (Å²) in [5, 5.41) is 45.3. The molecule has 1 aromatic rings. The number of primary amides is 1. The molecule has 1 unspecified atom stereocenters. The lowest BCUT2D eigenvalue weighted by Crippen LogP contribution is -2.71. The molecule has 0 radical (unpaired) electrons. The molecule has 12 nitrogen and oxygen atoms in total. The Morgan fingerprint density at radius 3 is 2.26 bits per heavy atom. The number of likely N-dealkylation sites (N-methyl/N-ethyl adjacent to an activating group) is 1. The minimum absolute atomic E-state index is 0.115. The topological polar surface area (TPSA) is 205 Å². The number of esters is 1. The lowest BCUT2D eigenvalue weighted by molar-refractivity contribution is -0.185. The fourth-order valence-corrected chi connectivity index (χ4v) is 6.25. The van der Waals surface area contributed by atoms with Gasteiger partial charge in [-0.25, -0.2) is 0 Å². The van der Waals surface area contributed by atoms with E-state index in [-0.39, 0.29) is 17.5 Å². The van der Waals surface area contributed by atoms with E-state index in [0.29, 0.717) is 5.56 Å². The number of ether oxygens (including phenoxy) is 1. The zero-order valence-corrected chi connectivity index (χ0v) is 22.0. The Labute approximate surface area is 223 Å². The van der Waals surface area contributed by atoms with E-state index in [1.807, 2.05) is 0 Å². The fraction of sp³-hybridized carbons (Fsp3) is 0.444. The van der Waals surface area contributed by atoms with Crippen LogP contribution in [0.5, 0.6) is 5.75 Å². The number of aromatic hydroxyl groups is 1. The number of fused-ring (bicyclic) bond motifs is 3. The molecule has 1 saturated carbocycles. The van der Waals surface area contributed by atoms with Crippen LogP contribution < -0.4 is 5.73 Å². The Bertz CT molecular complexity index is 1410. The number of nitrogens with two attached hydrogens (primary N) is 1. The molecule has 0 heterocycles. The summed E-state index contributed by atoms with van der Waals surface area (Å²) in [6, 6.07) is 1.41. The number of hydrogen-bond donors (Lipinski definition) is 5. The molecule has 6 atom stereocenters. The first kappa shape index (κ1) is 28.0. The van der Waals surface area contributed by atoms with Gasteiger partial charge in [-0.2, -0.15) is 0 Å². The highest BCUT2D eigenvalue weighted by Gasteiger charge is 2.69. The summed E-state index contributed by atoms with van der Waals surface area (Å²) < 4.78 is 5.75. The van der Waals surface area contributed by atoms with Crippen molar-refractivity contribution >= 4 is 35.0 Å². The average molecular weight is 543 g/mol. The third-order valence-electron chi connectivity index (χ3n) is 8.04. The highest BCUT2D eigenvalue weighted by molar-refractivity contribution is 6.24. The third kappa shape index (κ3) is 3.69. The summed E-state index contributed by atoms with van der Waals surface area (Å²) in [4.78, 5) is 65.8. The van der Waals surface area contributed by atoms with Crippen molar-refractivity contribution in [1.29, 1.82) is 0 Å². The van der Waals surface area contributed by atoms with Crippen molar-refractivity contribution in [2.45, 2.75) is 50.9 Å². The monoisotopic (exact) mass is 542 g/mol. The van der Waals surface area contributed by atoms with Gasteiger partial charge in [0.05, 0.1) is 23.1 Å². The van der Waals surface area contributed by atoms with Crippen molar-refractivity contribution in [2.75, 3.05) is 14.1 Å². The number of phenolic OH excluding ortho intramolecular Hbond substituents is 1. The van der Waals surface area contributed by atoms with Crippen LogP contribution in [0.4, 0.5) is 0 Å². The number of ketones is 3. The fourth-order valence-electron chi connectivity index (χ4n) is 6.25. The number of aliphatic hydroxyl groups excluding tert-OH is 2. The van der Waals surface area contributed by atoms with Gasteiger partial charge in [-0.3, -0.25) is 28.9 Å². The maximum Gasteiger partial charge on any atom is 0.305 e. The van der Waals surface area contributed by atoms with Crippen LogP contribution in [0, 0.1) is 11.8 Å². The molecule has 39 heavy (non-hydrogen) atoms.